The number of allylic oxidation sites excluding steroid dienone is 1. The molecular formula is C38H69N3O3. The first kappa shape index (κ1) is 35.7. The maximum atomic E-state index is 13.3. The number of carbonyl (C=O) groups excluding carboxylic acids is 1. The quantitative estimate of drug-likeness (QED) is 0.127. The number of fused-ring (bicyclic) bond motifs is 5. The fourth-order valence-electron chi connectivity index (χ4n) is 10.3. The highest BCUT2D eigenvalue weighted by atomic mass is 16.6. The topological polar surface area (TPSA) is 90.8 Å². The molecule has 0 aliphatic heterocycles. The summed E-state index contributed by atoms with van der Waals surface area (Å²) in [7, 11) is 0. The van der Waals surface area contributed by atoms with E-state index in [4.69, 9.17) is 20.9 Å². The molecule has 6 nitrogen and oxygen atoms in total. The van der Waals surface area contributed by atoms with Crippen molar-refractivity contribution in [3.8, 4) is 0 Å². The summed E-state index contributed by atoms with van der Waals surface area (Å²) in [6.45, 7) is 16.6. The van der Waals surface area contributed by atoms with Crippen molar-refractivity contribution in [1.29, 1.82) is 0 Å². The molecular weight excluding hydrogens is 546 g/mol. The van der Waals surface area contributed by atoms with Gasteiger partial charge in [0.1, 0.15) is 6.10 Å². The first-order valence-corrected chi connectivity index (χ1v) is 18.8. The molecule has 3 saturated carbocycles. The van der Waals surface area contributed by atoms with Gasteiger partial charge in [-0.05, 0) is 130 Å². The molecule has 4 N–H and O–H groups in total. The molecule has 0 aromatic carbocycles. The molecule has 0 radical (unpaired) electrons. The summed E-state index contributed by atoms with van der Waals surface area (Å²) in [6.07, 6.45) is 20.2. The Bertz CT molecular complexity index is 923. The van der Waals surface area contributed by atoms with Crippen LogP contribution in [0.5, 0.6) is 0 Å². The highest BCUT2D eigenvalue weighted by Crippen LogP contribution is 2.67. The van der Waals surface area contributed by atoms with Crippen LogP contribution in [-0.4, -0.2) is 56.5 Å². The first-order chi connectivity index (χ1) is 21.1. The van der Waals surface area contributed by atoms with Gasteiger partial charge in [0.25, 0.3) is 0 Å². The molecule has 0 unspecified atom stereocenters. The minimum Gasteiger partial charge on any atom is -0.446 e. The largest absolute Gasteiger partial charge is 0.446 e. The van der Waals surface area contributed by atoms with E-state index in [-0.39, 0.29) is 17.6 Å². The lowest BCUT2D eigenvalue weighted by Crippen LogP contribution is -2.51. The van der Waals surface area contributed by atoms with E-state index in [0.29, 0.717) is 38.2 Å². The lowest BCUT2D eigenvalue weighted by atomic mass is 9.47. The van der Waals surface area contributed by atoms with E-state index in [1.54, 1.807) is 5.57 Å². The molecule has 4 aliphatic carbocycles. The van der Waals surface area contributed by atoms with Gasteiger partial charge < -0.3 is 25.8 Å². The van der Waals surface area contributed by atoms with E-state index in [0.717, 1.165) is 87.1 Å². The summed E-state index contributed by atoms with van der Waals surface area (Å²) in [5, 5.41) is 0. The number of ether oxygens (including phenoxy) is 2. The third kappa shape index (κ3) is 8.42. The molecule has 44 heavy (non-hydrogen) atoms. The second kappa shape index (κ2) is 16.6. The van der Waals surface area contributed by atoms with Crippen LogP contribution in [0, 0.1) is 46.3 Å². The lowest BCUT2D eigenvalue weighted by Gasteiger charge is -2.58. The molecule has 0 aromatic rings. The van der Waals surface area contributed by atoms with Gasteiger partial charge in [0, 0.05) is 32.7 Å². The zero-order valence-corrected chi connectivity index (χ0v) is 29.3. The van der Waals surface area contributed by atoms with E-state index in [9.17, 15) is 4.79 Å². The smallest absolute Gasteiger partial charge is 0.410 e. The van der Waals surface area contributed by atoms with Crippen molar-refractivity contribution in [1.82, 2.24) is 4.90 Å². The van der Waals surface area contributed by atoms with Gasteiger partial charge in [-0.3, -0.25) is 0 Å². The average molecular weight is 616 g/mol. The van der Waals surface area contributed by atoms with Crippen molar-refractivity contribution < 1.29 is 14.3 Å². The molecule has 0 spiro atoms. The summed E-state index contributed by atoms with van der Waals surface area (Å²) >= 11 is 0. The Morgan fingerprint density at radius 1 is 0.909 bits per heavy atom. The van der Waals surface area contributed by atoms with Crippen LogP contribution in [0.1, 0.15) is 131 Å². The highest BCUT2D eigenvalue weighted by molar-refractivity contribution is 5.67. The predicted octanol–water partition coefficient (Wildman–Crippen LogP) is 8.33. The number of nitrogens with zero attached hydrogens (tertiary/aromatic N) is 1. The summed E-state index contributed by atoms with van der Waals surface area (Å²) in [5.74, 6) is 5.09. The van der Waals surface area contributed by atoms with Gasteiger partial charge in [0.2, 0.25) is 0 Å². The molecule has 8 atom stereocenters. The van der Waals surface area contributed by atoms with Crippen molar-refractivity contribution in [3.63, 3.8) is 0 Å². The zero-order valence-electron chi connectivity index (χ0n) is 29.3. The van der Waals surface area contributed by atoms with E-state index in [1.807, 2.05) is 4.90 Å². The van der Waals surface area contributed by atoms with E-state index < -0.39 is 0 Å². The van der Waals surface area contributed by atoms with E-state index >= 15 is 0 Å². The molecule has 4 aliphatic rings. The van der Waals surface area contributed by atoms with Gasteiger partial charge >= 0.3 is 6.09 Å². The second-order valence-electron chi connectivity index (χ2n) is 16.1. The zero-order chi connectivity index (χ0) is 31.7. The Morgan fingerprint density at radius 3 is 2.41 bits per heavy atom. The van der Waals surface area contributed by atoms with Gasteiger partial charge in [-0.25, -0.2) is 4.79 Å². The molecule has 0 aromatic heterocycles. The Labute approximate surface area is 270 Å². The van der Waals surface area contributed by atoms with Crippen LogP contribution in [0.2, 0.25) is 0 Å². The predicted molar refractivity (Wildman–Crippen MR) is 182 cm³/mol. The van der Waals surface area contributed by atoms with Crippen LogP contribution in [0.25, 0.3) is 0 Å². The molecule has 6 heteroatoms. The maximum absolute atomic E-state index is 13.3. The Kier molecular flexibility index (Phi) is 13.5. The van der Waals surface area contributed by atoms with Crippen molar-refractivity contribution in [2.45, 2.75) is 137 Å². The maximum Gasteiger partial charge on any atom is 0.410 e. The van der Waals surface area contributed by atoms with Gasteiger partial charge in [-0.1, -0.05) is 65.5 Å². The summed E-state index contributed by atoms with van der Waals surface area (Å²) in [4.78, 5) is 15.2. The minimum atomic E-state index is -0.154. The SMILES string of the molecule is CC(C)CCC[C@@H](C)[C@H]1CC[C@H]2[C@@H]3CC=C4C[C@@H](OC(=O)N(CCCN)CCCCOCCCN)CC[C@]4(C)[C@H]3CC[C@]12C. The van der Waals surface area contributed by atoms with Gasteiger partial charge in [-0.2, -0.15) is 0 Å². The van der Waals surface area contributed by atoms with Crippen molar-refractivity contribution in [2.24, 2.45) is 57.8 Å². The van der Waals surface area contributed by atoms with E-state index in [2.05, 4.69) is 40.7 Å². The van der Waals surface area contributed by atoms with Crippen LogP contribution < -0.4 is 11.5 Å². The van der Waals surface area contributed by atoms with Crippen molar-refractivity contribution in [2.75, 3.05) is 39.4 Å². The van der Waals surface area contributed by atoms with Crippen LogP contribution in [-0.2, 0) is 9.47 Å². The lowest BCUT2D eigenvalue weighted by molar-refractivity contribution is -0.0593. The molecule has 3 fully saturated rings. The highest BCUT2D eigenvalue weighted by Gasteiger charge is 2.59. The van der Waals surface area contributed by atoms with Gasteiger partial charge in [0.15, 0.2) is 0 Å². The molecule has 0 heterocycles. The standard InChI is InChI=1S/C38H69N3O3/c1-28(2)11-8-12-29(3)33-15-16-34-32-14-13-30-27-31(17-19-37(30,4)35(32)18-20-38(33,34)5)44-36(42)41(24-9-21-39)23-6-7-25-43-26-10-22-40/h13,28-29,31-35H,6-12,14-27,39-40H2,1-5H3/t29-,31+,32+,33-,34+,35+,37+,38-/m1/s1. The fraction of sp³-hybridized carbons (Fsp3) is 0.921. The number of hydrogen-bond acceptors (Lipinski definition) is 5. The third-order valence-corrected chi connectivity index (χ3v) is 12.9. The summed E-state index contributed by atoms with van der Waals surface area (Å²) in [6, 6.07) is 0. The molecule has 4 rings (SSSR count). The monoisotopic (exact) mass is 616 g/mol. The molecule has 254 valence electrons. The number of rotatable bonds is 17. The average Bonchev–Trinajstić information content (AvgIpc) is 3.35. The number of nitrogens with two attached hydrogens (primary N) is 2. The van der Waals surface area contributed by atoms with Crippen LogP contribution in [0.3, 0.4) is 0 Å². The number of hydrogen-bond donors (Lipinski definition) is 2. The second-order valence-corrected chi connectivity index (χ2v) is 16.1. The molecule has 0 saturated heterocycles. The Balaban J connectivity index is 1.32. The van der Waals surface area contributed by atoms with Gasteiger partial charge in [0.05, 0.1) is 0 Å². The Morgan fingerprint density at radius 2 is 1.66 bits per heavy atom. The normalized spacial score (nSPS) is 33.7. The number of carbonyl (C=O) groups is 1. The number of amides is 1. The van der Waals surface area contributed by atoms with Crippen LogP contribution in [0.15, 0.2) is 11.6 Å². The molecule has 1 amide bonds. The fourth-order valence-corrected chi connectivity index (χ4v) is 10.3. The Hall–Kier alpha value is -1.11. The summed E-state index contributed by atoms with van der Waals surface area (Å²) in [5.41, 5.74) is 13.7. The first-order valence-electron chi connectivity index (χ1n) is 18.8. The summed E-state index contributed by atoms with van der Waals surface area (Å²) < 4.78 is 11.9. The van der Waals surface area contributed by atoms with E-state index in [1.165, 1.54) is 51.4 Å². The van der Waals surface area contributed by atoms with Crippen molar-refractivity contribution >= 4 is 6.09 Å². The minimum absolute atomic E-state index is 0.00486. The number of unbranched alkanes of at least 4 members (excludes halogenated alkanes) is 1. The van der Waals surface area contributed by atoms with Crippen LogP contribution in [0.4, 0.5) is 4.79 Å². The van der Waals surface area contributed by atoms with Crippen LogP contribution >= 0.6 is 0 Å². The molecule has 0 bridgehead atoms. The van der Waals surface area contributed by atoms with Gasteiger partial charge in [-0.15, -0.1) is 0 Å². The van der Waals surface area contributed by atoms with Crippen molar-refractivity contribution in [3.05, 3.63) is 11.6 Å². The third-order valence-electron chi connectivity index (χ3n) is 12.9.